The van der Waals surface area contributed by atoms with E-state index in [1.54, 1.807) is 0 Å². The number of hydrogen-bond acceptors (Lipinski definition) is 9. The number of carboxylic acid groups (broad SMARTS) is 1. The van der Waals surface area contributed by atoms with Gasteiger partial charge in [-0.1, -0.05) is 5.92 Å². The standard InChI is InChI=1S/C13H16O8.C2H4O2/c1-5-9(17)10-11(18-6(2)14)12(19-7(3)15)13(21-10)20-8(4)16;1-2(3)4/h1,9-13,17H,2-4H3;1H3,(H,3,4)/t9-,10?,11?,12?,13?;/m0./s1. The van der Waals surface area contributed by atoms with E-state index in [9.17, 15) is 19.5 Å². The number of aliphatic hydroxyl groups is 1. The Kier molecular flexibility index (Phi) is 9.19. The second-order valence-electron chi connectivity index (χ2n) is 4.86. The van der Waals surface area contributed by atoms with Crippen LogP contribution in [0.25, 0.3) is 0 Å². The molecule has 1 heterocycles. The molecule has 4 unspecified atom stereocenters. The van der Waals surface area contributed by atoms with Crippen LogP contribution in [0.5, 0.6) is 0 Å². The van der Waals surface area contributed by atoms with Crippen molar-refractivity contribution in [1.82, 2.24) is 0 Å². The van der Waals surface area contributed by atoms with E-state index in [-0.39, 0.29) is 0 Å². The van der Waals surface area contributed by atoms with Gasteiger partial charge in [-0.25, -0.2) is 0 Å². The van der Waals surface area contributed by atoms with Crippen LogP contribution in [-0.2, 0) is 38.1 Å². The molecule has 1 aliphatic rings. The van der Waals surface area contributed by atoms with Gasteiger partial charge in [0.25, 0.3) is 5.97 Å². The van der Waals surface area contributed by atoms with Gasteiger partial charge in [0, 0.05) is 27.7 Å². The van der Waals surface area contributed by atoms with E-state index in [2.05, 4.69) is 0 Å². The van der Waals surface area contributed by atoms with Crippen LogP contribution in [0.1, 0.15) is 27.7 Å². The minimum absolute atomic E-state index is 0.696. The fraction of sp³-hybridized carbons (Fsp3) is 0.600. The van der Waals surface area contributed by atoms with Gasteiger partial charge in [0.1, 0.15) is 12.2 Å². The Morgan fingerprint density at radius 1 is 0.960 bits per heavy atom. The zero-order valence-corrected chi connectivity index (χ0v) is 14.1. The van der Waals surface area contributed by atoms with E-state index in [1.807, 2.05) is 5.92 Å². The van der Waals surface area contributed by atoms with Gasteiger partial charge < -0.3 is 29.2 Å². The third-order valence-electron chi connectivity index (χ3n) is 2.58. The lowest BCUT2D eigenvalue weighted by atomic mass is 10.1. The van der Waals surface area contributed by atoms with Crippen molar-refractivity contribution in [3.63, 3.8) is 0 Å². The van der Waals surface area contributed by atoms with Crippen LogP contribution in [0, 0.1) is 12.3 Å². The summed E-state index contributed by atoms with van der Waals surface area (Å²) >= 11 is 0. The number of aliphatic hydroxyl groups excluding tert-OH is 1. The van der Waals surface area contributed by atoms with Gasteiger partial charge in [0.05, 0.1) is 0 Å². The van der Waals surface area contributed by atoms with Crippen LogP contribution < -0.4 is 0 Å². The third kappa shape index (κ3) is 8.14. The Balaban J connectivity index is 0.00000129. The summed E-state index contributed by atoms with van der Waals surface area (Å²) in [5.74, 6) is -0.913. The maximum Gasteiger partial charge on any atom is 0.305 e. The first-order valence-corrected chi connectivity index (χ1v) is 7.00. The van der Waals surface area contributed by atoms with Gasteiger partial charge >= 0.3 is 17.9 Å². The zero-order chi connectivity index (χ0) is 19.7. The van der Waals surface area contributed by atoms with E-state index in [4.69, 9.17) is 35.3 Å². The number of terminal acetylenes is 1. The molecule has 0 aliphatic carbocycles. The quantitative estimate of drug-likeness (QED) is 0.372. The molecule has 1 saturated heterocycles. The highest BCUT2D eigenvalue weighted by atomic mass is 16.7. The molecule has 0 bridgehead atoms. The van der Waals surface area contributed by atoms with Crippen LogP contribution >= 0.6 is 0 Å². The Labute approximate surface area is 144 Å². The molecule has 140 valence electrons. The normalized spacial score (nSPS) is 25.4. The Morgan fingerprint density at radius 3 is 1.72 bits per heavy atom. The van der Waals surface area contributed by atoms with Crippen molar-refractivity contribution < 1.29 is 48.3 Å². The van der Waals surface area contributed by atoms with Crippen LogP contribution in [0.2, 0.25) is 0 Å². The Bertz CT molecular complexity index is 545. The molecule has 0 radical (unpaired) electrons. The monoisotopic (exact) mass is 360 g/mol. The summed E-state index contributed by atoms with van der Waals surface area (Å²) < 4.78 is 20.1. The Hall–Kier alpha value is -2.64. The molecule has 1 rings (SSSR count). The summed E-state index contributed by atoms with van der Waals surface area (Å²) in [4.78, 5) is 42.4. The molecule has 25 heavy (non-hydrogen) atoms. The molecule has 2 N–H and O–H groups in total. The lowest BCUT2D eigenvalue weighted by Gasteiger charge is -2.23. The average Bonchev–Trinajstić information content (AvgIpc) is 2.74. The number of ether oxygens (including phenoxy) is 4. The lowest BCUT2D eigenvalue weighted by molar-refractivity contribution is -0.197. The fourth-order valence-electron chi connectivity index (χ4n) is 1.90. The maximum absolute atomic E-state index is 11.2. The van der Waals surface area contributed by atoms with Crippen molar-refractivity contribution in [2.24, 2.45) is 0 Å². The van der Waals surface area contributed by atoms with Crippen molar-refractivity contribution in [3.8, 4) is 12.3 Å². The predicted molar refractivity (Wildman–Crippen MR) is 79.7 cm³/mol. The van der Waals surface area contributed by atoms with Crippen molar-refractivity contribution in [1.29, 1.82) is 0 Å². The highest BCUT2D eigenvalue weighted by molar-refractivity contribution is 5.68. The topological polar surface area (TPSA) is 146 Å². The van der Waals surface area contributed by atoms with E-state index in [0.29, 0.717) is 0 Å². The summed E-state index contributed by atoms with van der Waals surface area (Å²) in [5, 5.41) is 17.1. The van der Waals surface area contributed by atoms with Gasteiger partial charge in [0.15, 0.2) is 6.10 Å². The number of carbonyl (C=O) groups excluding carboxylic acids is 3. The van der Waals surface area contributed by atoms with Gasteiger partial charge in [-0.3, -0.25) is 19.2 Å². The molecule has 1 fully saturated rings. The van der Waals surface area contributed by atoms with E-state index >= 15 is 0 Å². The number of hydrogen-bond donors (Lipinski definition) is 2. The summed E-state index contributed by atoms with van der Waals surface area (Å²) in [6, 6.07) is 0. The van der Waals surface area contributed by atoms with E-state index in [0.717, 1.165) is 27.7 Å². The van der Waals surface area contributed by atoms with Crippen molar-refractivity contribution in [2.75, 3.05) is 0 Å². The molecular formula is C15H20O10. The minimum Gasteiger partial charge on any atom is -0.481 e. The molecule has 0 aromatic carbocycles. The number of aliphatic carboxylic acids is 1. The van der Waals surface area contributed by atoms with Crippen molar-refractivity contribution >= 4 is 23.9 Å². The van der Waals surface area contributed by atoms with E-state index in [1.165, 1.54) is 0 Å². The minimum atomic E-state index is -1.44. The number of carboxylic acids is 1. The van der Waals surface area contributed by atoms with Gasteiger partial charge in [-0.15, -0.1) is 6.42 Å². The number of esters is 3. The number of carbonyl (C=O) groups is 4. The molecule has 0 amide bonds. The highest BCUT2D eigenvalue weighted by Crippen LogP contribution is 2.30. The van der Waals surface area contributed by atoms with E-state index < -0.39 is 54.6 Å². The Morgan fingerprint density at radius 2 is 1.36 bits per heavy atom. The molecule has 5 atom stereocenters. The van der Waals surface area contributed by atoms with Crippen LogP contribution in [0.4, 0.5) is 0 Å². The SMILES string of the molecule is C#C[C@H](O)C1OC(OC(C)=O)C(OC(C)=O)C1OC(C)=O.CC(=O)O. The number of rotatable bonds is 4. The van der Waals surface area contributed by atoms with Gasteiger partial charge in [-0.2, -0.15) is 0 Å². The van der Waals surface area contributed by atoms with Crippen LogP contribution in [0.15, 0.2) is 0 Å². The first kappa shape index (κ1) is 22.4. The summed E-state index contributed by atoms with van der Waals surface area (Å²) in [5.41, 5.74) is 0. The second kappa shape index (κ2) is 10.3. The van der Waals surface area contributed by atoms with Crippen LogP contribution in [0.3, 0.4) is 0 Å². The predicted octanol–water partition coefficient (Wildman–Crippen LogP) is -0.777. The molecule has 1 aliphatic heterocycles. The highest BCUT2D eigenvalue weighted by Gasteiger charge is 2.53. The first-order chi connectivity index (χ1) is 11.5. The van der Waals surface area contributed by atoms with Crippen molar-refractivity contribution in [3.05, 3.63) is 0 Å². The molecule has 0 aromatic heterocycles. The van der Waals surface area contributed by atoms with Gasteiger partial charge in [0.2, 0.25) is 12.4 Å². The lowest BCUT2D eigenvalue weighted by Crippen LogP contribution is -2.43. The fourth-order valence-corrected chi connectivity index (χ4v) is 1.90. The summed E-state index contributed by atoms with van der Waals surface area (Å²) in [7, 11) is 0. The molecule has 0 saturated carbocycles. The molecule has 10 nitrogen and oxygen atoms in total. The largest absolute Gasteiger partial charge is 0.481 e. The molecular weight excluding hydrogens is 340 g/mol. The zero-order valence-electron chi connectivity index (χ0n) is 14.1. The second-order valence-corrected chi connectivity index (χ2v) is 4.86. The van der Waals surface area contributed by atoms with Crippen LogP contribution in [-0.4, -0.2) is 64.8 Å². The van der Waals surface area contributed by atoms with Crippen molar-refractivity contribution in [2.45, 2.75) is 58.4 Å². The molecule has 10 heteroatoms. The maximum atomic E-state index is 11.2. The van der Waals surface area contributed by atoms with Gasteiger partial charge in [-0.05, 0) is 0 Å². The summed E-state index contributed by atoms with van der Waals surface area (Å²) in [6.07, 6.45) is -1.26. The molecule has 0 aromatic rings. The molecule has 0 spiro atoms. The first-order valence-electron chi connectivity index (χ1n) is 7.00. The third-order valence-corrected chi connectivity index (χ3v) is 2.58. The average molecular weight is 360 g/mol. The smallest absolute Gasteiger partial charge is 0.305 e. The summed E-state index contributed by atoms with van der Waals surface area (Å²) in [6.45, 7) is 4.46.